The molecule has 2 rings (SSSR count). The Morgan fingerprint density at radius 1 is 1.19 bits per heavy atom. The van der Waals surface area contributed by atoms with E-state index in [0.29, 0.717) is 12.2 Å². The van der Waals surface area contributed by atoms with Crippen LogP contribution in [0.3, 0.4) is 0 Å². The lowest BCUT2D eigenvalue weighted by molar-refractivity contribution is -0.00495. The van der Waals surface area contributed by atoms with Crippen molar-refractivity contribution in [1.82, 2.24) is 10.2 Å². The summed E-state index contributed by atoms with van der Waals surface area (Å²) in [6, 6.07) is 0. The van der Waals surface area contributed by atoms with E-state index in [1.54, 1.807) is 0 Å². The molecule has 0 aromatic heterocycles. The molecule has 0 saturated carbocycles. The van der Waals surface area contributed by atoms with Crippen molar-refractivity contribution in [2.75, 3.05) is 45.9 Å². The van der Waals surface area contributed by atoms with Gasteiger partial charge < -0.3 is 14.8 Å². The molecule has 2 fully saturated rings. The van der Waals surface area contributed by atoms with Gasteiger partial charge >= 0.3 is 0 Å². The third kappa shape index (κ3) is 3.70. The van der Waals surface area contributed by atoms with E-state index in [4.69, 9.17) is 9.47 Å². The van der Waals surface area contributed by atoms with Crippen molar-refractivity contribution in [3.63, 3.8) is 0 Å². The van der Waals surface area contributed by atoms with Crippen LogP contribution in [0.15, 0.2) is 0 Å². The molecule has 0 aliphatic carbocycles. The predicted octanol–water partition coefficient (Wildman–Crippen LogP) is 0.476. The van der Waals surface area contributed by atoms with Gasteiger partial charge in [0.25, 0.3) is 0 Å². The molecule has 94 valence electrons. The van der Waals surface area contributed by atoms with Gasteiger partial charge in [-0.15, -0.1) is 0 Å². The van der Waals surface area contributed by atoms with E-state index in [1.165, 1.54) is 12.8 Å². The Morgan fingerprint density at radius 3 is 2.62 bits per heavy atom. The average Bonchev–Trinajstić information content (AvgIpc) is 2.82. The smallest absolute Gasteiger partial charge is 0.0826 e. The largest absolute Gasteiger partial charge is 0.377 e. The number of nitrogens with zero attached hydrogens (tertiary/aromatic N) is 1. The molecule has 0 radical (unpaired) electrons. The first-order valence-corrected chi connectivity index (χ1v) is 6.54. The summed E-state index contributed by atoms with van der Waals surface area (Å²) in [7, 11) is 0. The van der Waals surface area contributed by atoms with Gasteiger partial charge in [-0.2, -0.15) is 0 Å². The minimum atomic E-state index is 0.357. The highest BCUT2D eigenvalue weighted by Crippen LogP contribution is 2.13. The summed E-state index contributed by atoms with van der Waals surface area (Å²) in [5, 5.41) is 3.38. The first kappa shape index (κ1) is 12.3. The van der Waals surface area contributed by atoms with Crippen LogP contribution in [-0.2, 0) is 9.47 Å². The van der Waals surface area contributed by atoms with Crippen molar-refractivity contribution in [3.05, 3.63) is 0 Å². The molecule has 1 N–H and O–H groups in total. The fourth-order valence-corrected chi connectivity index (χ4v) is 2.43. The van der Waals surface area contributed by atoms with Crippen LogP contribution >= 0.6 is 0 Å². The highest BCUT2D eigenvalue weighted by Gasteiger charge is 2.21. The summed E-state index contributed by atoms with van der Waals surface area (Å²) < 4.78 is 11.4. The summed E-state index contributed by atoms with van der Waals surface area (Å²) in [4.78, 5) is 2.45. The first-order valence-electron chi connectivity index (χ1n) is 6.54. The Morgan fingerprint density at radius 2 is 2.00 bits per heavy atom. The maximum absolute atomic E-state index is 5.73. The monoisotopic (exact) mass is 228 g/mol. The molecule has 2 heterocycles. The molecular formula is C12H24N2O2. The molecule has 4 nitrogen and oxygen atoms in total. The number of rotatable bonds is 5. The third-order valence-corrected chi connectivity index (χ3v) is 3.40. The van der Waals surface area contributed by atoms with Crippen molar-refractivity contribution in [2.24, 2.45) is 0 Å². The molecule has 4 heteroatoms. The minimum Gasteiger partial charge on any atom is -0.377 e. The third-order valence-electron chi connectivity index (χ3n) is 3.40. The van der Waals surface area contributed by atoms with Crippen LogP contribution in [0.1, 0.15) is 19.8 Å². The molecule has 2 aliphatic heterocycles. The number of morpholine rings is 1. The molecule has 0 amide bonds. The van der Waals surface area contributed by atoms with E-state index >= 15 is 0 Å². The van der Waals surface area contributed by atoms with Gasteiger partial charge in [0.05, 0.1) is 18.8 Å². The summed E-state index contributed by atoms with van der Waals surface area (Å²) in [6.07, 6.45) is 3.26. The highest BCUT2D eigenvalue weighted by atomic mass is 16.5. The molecule has 0 aromatic rings. The van der Waals surface area contributed by atoms with Crippen LogP contribution < -0.4 is 5.32 Å². The van der Waals surface area contributed by atoms with E-state index < -0.39 is 0 Å². The second kappa shape index (κ2) is 6.55. The van der Waals surface area contributed by atoms with Crippen molar-refractivity contribution in [3.8, 4) is 0 Å². The maximum Gasteiger partial charge on any atom is 0.0826 e. The quantitative estimate of drug-likeness (QED) is 0.742. The molecule has 2 saturated heterocycles. The topological polar surface area (TPSA) is 33.7 Å². The Kier molecular flexibility index (Phi) is 5.03. The number of likely N-dealkylation sites (N-methyl/N-ethyl adjacent to an activating group) is 1. The average molecular weight is 228 g/mol. The Balaban J connectivity index is 1.70. The maximum atomic E-state index is 5.73. The van der Waals surface area contributed by atoms with Gasteiger partial charge in [-0.3, -0.25) is 4.90 Å². The van der Waals surface area contributed by atoms with E-state index in [2.05, 4.69) is 17.1 Å². The van der Waals surface area contributed by atoms with Crippen LogP contribution in [0.2, 0.25) is 0 Å². The van der Waals surface area contributed by atoms with Crippen LogP contribution in [0.5, 0.6) is 0 Å². The number of hydrogen-bond donors (Lipinski definition) is 1. The van der Waals surface area contributed by atoms with E-state index in [1.807, 2.05) is 0 Å². The zero-order valence-corrected chi connectivity index (χ0v) is 10.3. The van der Waals surface area contributed by atoms with Crippen molar-refractivity contribution >= 4 is 0 Å². The Bertz CT molecular complexity index is 189. The molecule has 2 unspecified atom stereocenters. The van der Waals surface area contributed by atoms with Crippen LogP contribution in [-0.4, -0.2) is 63.0 Å². The Hall–Kier alpha value is -0.160. The van der Waals surface area contributed by atoms with E-state index in [0.717, 1.165) is 45.9 Å². The van der Waals surface area contributed by atoms with Gasteiger partial charge in [0.2, 0.25) is 0 Å². The Labute approximate surface area is 98.3 Å². The van der Waals surface area contributed by atoms with E-state index in [-0.39, 0.29) is 0 Å². The highest BCUT2D eigenvalue weighted by molar-refractivity contribution is 4.75. The molecule has 0 aromatic carbocycles. The van der Waals surface area contributed by atoms with Gasteiger partial charge in [0.1, 0.15) is 0 Å². The molecule has 2 aliphatic rings. The van der Waals surface area contributed by atoms with Gasteiger partial charge in [0.15, 0.2) is 0 Å². The second-order valence-corrected chi connectivity index (χ2v) is 4.68. The SMILES string of the molecule is CCN(CC1CCCO1)CC1CNCCO1. The van der Waals surface area contributed by atoms with E-state index in [9.17, 15) is 0 Å². The van der Waals surface area contributed by atoms with Crippen molar-refractivity contribution in [1.29, 1.82) is 0 Å². The first-order chi connectivity index (χ1) is 7.88. The normalized spacial score (nSPS) is 31.1. The number of nitrogens with one attached hydrogen (secondary N) is 1. The van der Waals surface area contributed by atoms with Gasteiger partial charge in [-0.1, -0.05) is 6.92 Å². The fraction of sp³-hybridized carbons (Fsp3) is 1.00. The summed E-state index contributed by atoms with van der Waals surface area (Å²) in [5.41, 5.74) is 0. The van der Waals surface area contributed by atoms with Crippen LogP contribution in [0, 0.1) is 0 Å². The molecule has 16 heavy (non-hydrogen) atoms. The summed E-state index contributed by atoms with van der Waals surface area (Å²) in [5.74, 6) is 0. The van der Waals surface area contributed by atoms with Crippen LogP contribution in [0.4, 0.5) is 0 Å². The predicted molar refractivity (Wildman–Crippen MR) is 63.7 cm³/mol. The number of hydrogen-bond acceptors (Lipinski definition) is 4. The lowest BCUT2D eigenvalue weighted by Crippen LogP contribution is -2.46. The van der Waals surface area contributed by atoms with Gasteiger partial charge in [-0.25, -0.2) is 0 Å². The molecule has 0 spiro atoms. The fourth-order valence-electron chi connectivity index (χ4n) is 2.43. The molecule has 2 atom stereocenters. The van der Waals surface area contributed by atoms with Crippen molar-refractivity contribution in [2.45, 2.75) is 32.0 Å². The lowest BCUT2D eigenvalue weighted by Gasteiger charge is -2.30. The minimum absolute atomic E-state index is 0.357. The van der Waals surface area contributed by atoms with Gasteiger partial charge in [-0.05, 0) is 19.4 Å². The zero-order chi connectivity index (χ0) is 11.2. The zero-order valence-electron chi connectivity index (χ0n) is 10.3. The van der Waals surface area contributed by atoms with Crippen LogP contribution in [0.25, 0.3) is 0 Å². The van der Waals surface area contributed by atoms with Gasteiger partial charge in [0, 0.05) is 32.8 Å². The summed E-state index contributed by atoms with van der Waals surface area (Å²) in [6.45, 7) is 9.17. The second-order valence-electron chi connectivity index (χ2n) is 4.68. The summed E-state index contributed by atoms with van der Waals surface area (Å²) >= 11 is 0. The molecular weight excluding hydrogens is 204 g/mol. The standard InChI is InChI=1S/C12H24N2O2/c1-2-14(9-11-4-3-6-15-11)10-12-8-13-5-7-16-12/h11-13H,2-10H2,1H3. The molecule has 0 bridgehead atoms. The van der Waals surface area contributed by atoms with Crippen molar-refractivity contribution < 1.29 is 9.47 Å². The number of ether oxygens (including phenoxy) is 2. The lowest BCUT2D eigenvalue weighted by atomic mass is 10.2.